The van der Waals surface area contributed by atoms with Gasteiger partial charge in [-0.15, -0.1) is 0 Å². The number of nitrogens with one attached hydrogen (secondary N) is 1. The lowest BCUT2D eigenvalue weighted by Gasteiger charge is -2.08. The molecule has 0 unspecified atom stereocenters. The molecule has 0 aliphatic heterocycles. The number of anilines is 1. The Morgan fingerprint density at radius 3 is 2.87 bits per heavy atom. The predicted molar refractivity (Wildman–Crippen MR) is 60.7 cm³/mol. The molecule has 0 fully saturated rings. The number of benzene rings is 1. The molecule has 2 N–H and O–H groups in total. The quantitative estimate of drug-likeness (QED) is 0.719. The summed E-state index contributed by atoms with van der Waals surface area (Å²) in [4.78, 5) is 11.1. The molecule has 0 spiro atoms. The van der Waals surface area contributed by atoms with Crippen molar-refractivity contribution in [3.05, 3.63) is 42.5 Å². The van der Waals surface area contributed by atoms with Crippen LogP contribution < -0.4 is 5.32 Å². The fraction of sp³-hybridized carbons (Fsp3) is 0.250. The highest BCUT2D eigenvalue weighted by molar-refractivity contribution is 5.99. The molecule has 1 rings (SSSR count). The molecular weight excluding hydrogens is 190 g/mol. The minimum Gasteiger partial charge on any atom is -0.396 e. The van der Waals surface area contributed by atoms with Crippen LogP contribution in [0.25, 0.3) is 0 Å². The number of rotatable bonds is 5. The molecule has 0 aliphatic carbocycles. The third-order valence-corrected chi connectivity index (χ3v) is 2.06. The van der Waals surface area contributed by atoms with Crippen molar-refractivity contribution in [2.24, 2.45) is 0 Å². The minimum atomic E-state index is -0.216. The van der Waals surface area contributed by atoms with Gasteiger partial charge in [0.1, 0.15) is 0 Å². The Balaban J connectivity index is 2.76. The molecule has 0 saturated carbocycles. The van der Waals surface area contributed by atoms with Gasteiger partial charge in [-0.05, 0) is 30.5 Å². The second kappa shape index (κ2) is 5.98. The second-order valence-electron chi connectivity index (χ2n) is 3.18. The third kappa shape index (κ3) is 3.56. The lowest BCUT2D eigenvalue weighted by Crippen LogP contribution is -2.09. The van der Waals surface area contributed by atoms with E-state index in [1.54, 1.807) is 0 Å². The van der Waals surface area contributed by atoms with E-state index in [-0.39, 0.29) is 12.5 Å². The van der Waals surface area contributed by atoms with Crippen LogP contribution in [0.15, 0.2) is 36.9 Å². The van der Waals surface area contributed by atoms with E-state index in [1.165, 1.54) is 6.08 Å². The molecule has 3 heteroatoms. The van der Waals surface area contributed by atoms with Crippen LogP contribution in [0.2, 0.25) is 0 Å². The van der Waals surface area contributed by atoms with E-state index in [4.69, 9.17) is 5.11 Å². The van der Waals surface area contributed by atoms with Gasteiger partial charge in [0.2, 0.25) is 5.91 Å². The molecular formula is C12H15NO2. The Kier molecular flexibility index (Phi) is 4.57. The number of carbonyl (C=O) groups is 1. The van der Waals surface area contributed by atoms with Gasteiger partial charge in [0, 0.05) is 12.3 Å². The van der Waals surface area contributed by atoms with Crippen LogP contribution >= 0.6 is 0 Å². The van der Waals surface area contributed by atoms with Gasteiger partial charge in [0.25, 0.3) is 0 Å². The molecule has 0 atom stereocenters. The maximum Gasteiger partial charge on any atom is 0.247 e. The van der Waals surface area contributed by atoms with Crippen LogP contribution in [-0.4, -0.2) is 17.6 Å². The molecule has 0 radical (unpaired) electrons. The molecule has 15 heavy (non-hydrogen) atoms. The van der Waals surface area contributed by atoms with E-state index in [0.717, 1.165) is 17.7 Å². The number of hydrogen-bond donors (Lipinski definition) is 2. The van der Waals surface area contributed by atoms with Gasteiger partial charge < -0.3 is 10.4 Å². The van der Waals surface area contributed by atoms with Crippen LogP contribution in [0, 0.1) is 0 Å². The molecule has 3 nitrogen and oxygen atoms in total. The second-order valence-corrected chi connectivity index (χ2v) is 3.18. The maximum absolute atomic E-state index is 11.1. The number of amides is 1. The number of para-hydroxylation sites is 1. The smallest absolute Gasteiger partial charge is 0.247 e. The maximum atomic E-state index is 11.1. The van der Waals surface area contributed by atoms with Gasteiger partial charge in [0.15, 0.2) is 0 Å². The largest absolute Gasteiger partial charge is 0.396 e. The first-order valence-corrected chi connectivity index (χ1v) is 4.90. The zero-order valence-electron chi connectivity index (χ0n) is 8.57. The van der Waals surface area contributed by atoms with Gasteiger partial charge in [0.05, 0.1) is 0 Å². The van der Waals surface area contributed by atoms with E-state index < -0.39 is 0 Å². The summed E-state index contributed by atoms with van der Waals surface area (Å²) in [5, 5.41) is 11.5. The third-order valence-electron chi connectivity index (χ3n) is 2.06. The fourth-order valence-corrected chi connectivity index (χ4v) is 1.31. The van der Waals surface area contributed by atoms with Crippen molar-refractivity contribution in [1.29, 1.82) is 0 Å². The zero-order chi connectivity index (χ0) is 11.1. The Morgan fingerprint density at radius 1 is 1.47 bits per heavy atom. The van der Waals surface area contributed by atoms with Gasteiger partial charge in [-0.1, -0.05) is 24.8 Å². The van der Waals surface area contributed by atoms with E-state index >= 15 is 0 Å². The van der Waals surface area contributed by atoms with E-state index in [1.807, 2.05) is 24.3 Å². The summed E-state index contributed by atoms with van der Waals surface area (Å²) in [6, 6.07) is 7.56. The van der Waals surface area contributed by atoms with Crippen LogP contribution in [0.5, 0.6) is 0 Å². The van der Waals surface area contributed by atoms with Crippen molar-refractivity contribution in [3.63, 3.8) is 0 Å². The van der Waals surface area contributed by atoms with Crippen molar-refractivity contribution < 1.29 is 9.90 Å². The number of carbonyl (C=O) groups excluding carboxylic acids is 1. The highest BCUT2D eigenvalue weighted by atomic mass is 16.2. The summed E-state index contributed by atoms with van der Waals surface area (Å²) in [7, 11) is 0. The number of aliphatic hydroxyl groups excluding tert-OH is 1. The van der Waals surface area contributed by atoms with Crippen molar-refractivity contribution in [1.82, 2.24) is 0 Å². The summed E-state index contributed by atoms with van der Waals surface area (Å²) in [5.74, 6) is -0.216. The molecule has 0 aliphatic rings. The molecule has 1 aromatic carbocycles. The summed E-state index contributed by atoms with van der Waals surface area (Å²) in [6.07, 6.45) is 2.69. The Morgan fingerprint density at radius 2 is 2.20 bits per heavy atom. The Labute approximate surface area is 89.4 Å². The lowest BCUT2D eigenvalue weighted by atomic mass is 10.1. The first kappa shape index (κ1) is 11.5. The molecule has 80 valence electrons. The van der Waals surface area contributed by atoms with E-state index in [2.05, 4.69) is 11.9 Å². The molecule has 1 amide bonds. The average Bonchev–Trinajstić information content (AvgIpc) is 2.28. The topological polar surface area (TPSA) is 49.3 Å². The monoisotopic (exact) mass is 205 g/mol. The van der Waals surface area contributed by atoms with Crippen LogP contribution in [0.3, 0.4) is 0 Å². The SMILES string of the molecule is C=CC(=O)Nc1ccccc1CCCO. The average molecular weight is 205 g/mol. The number of aryl methyl sites for hydroxylation is 1. The van der Waals surface area contributed by atoms with Crippen molar-refractivity contribution in [3.8, 4) is 0 Å². The van der Waals surface area contributed by atoms with Crippen LogP contribution in [0.1, 0.15) is 12.0 Å². The van der Waals surface area contributed by atoms with Crippen molar-refractivity contribution in [2.75, 3.05) is 11.9 Å². The summed E-state index contributed by atoms with van der Waals surface area (Å²) >= 11 is 0. The number of aliphatic hydroxyl groups is 1. The Bertz CT molecular complexity index is 347. The molecule has 1 aromatic rings. The first-order valence-electron chi connectivity index (χ1n) is 4.90. The molecule has 0 saturated heterocycles. The van der Waals surface area contributed by atoms with E-state index in [0.29, 0.717) is 6.42 Å². The summed E-state index contributed by atoms with van der Waals surface area (Å²) in [5.41, 5.74) is 1.82. The Hall–Kier alpha value is -1.61. The van der Waals surface area contributed by atoms with Crippen molar-refractivity contribution in [2.45, 2.75) is 12.8 Å². The zero-order valence-corrected chi connectivity index (χ0v) is 8.57. The standard InChI is InChI=1S/C12H15NO2/c1-2-12(15)13-11-8-4-3-6-10(11)7-5-9-14/h2-4,6,8,14H,1,5,7,9H2,(H,13,15). The molecule has 0 heterocycles. The van der Waals surface area contributed by atoms with E-state index in [9.17, 15) is 4.79 Å². The summed E-state index contributed by atoms with van der Waals surface area (Å²) in [6.45, 7) is 3.55. The summed E-state index contributed by atoms with van der Waals surface area (Å²) < 4.78 is 0. The van der Waals surface area contributed by atoms with Gasteiger partial charge in [-0.2, -0.15) is 0 Å². The van der Waals surface area contributed by atoms with Gasteiger partial charge >= 0.3 is 0 Å². The minimum absolute atomic E-state index is 0.156. The van der Waals surface area contributed by atoms with Crippen LogP contribution in [0.4, 0.5) is 5.69 Å². The highest BCUT2D eigenvalue weighted by Gasteiger charge is 2.02. The highest BCUT2D eigenvalue weighted by Crippen LogP contribution is 2.16. The first-order chi connectivity index (χ1) is 7.27. The predicted octanol–water partition coefficient (Wildman–Crippen LogP) is 1.74. The normalized spacial score (nSPS) is 9.67. The number of hydrogen-bond acceptors (Lipinski definition) is 2. The van der Waals surface area contributed by atoms with Gasteiger partial charge in [-0.3, -0.25) is 4.79 Å². The van der Waals surface area contributed by atoms with Gasteiger partial charge in [-0.25, -0.2) is 0 Å². The fourth-order valence-electron chi connectivity index (χ4n) is 1.31. The van der Waals surface area contributed by atoms with Crippen LogP contribution in [-0.2, 0) is 11.2 Å². The molecule has 0 aromatic heterocycles. The lowest BCUT2D eigenvalue weighted by molar-refractivity contribution is -0.111. The van der Waals surface area contributed by atoms with Crippen molar-refractivity contribution >= 4 is 11.6 Å². The molecule has 0 bridgehead atoms.